The highest BCUT2D eigenvalue weighted by Gasteiger charge is 2.49. The van der Waals surface area contributed by atoms with Crippen molar-refractivity contribution in [2.24, 2.45) is 11.8 Å². The van der Waals surface area contributed by atoms with Gasteiger partial charge in [0.25, 0.3) is 0 Å². The molecule has 1 aromatic carbocycles. The monoisotopic (exact) mass is 355 g/mol. The fourth-order valence-electron chi connectivity index (χ4n) is 3.26. The Hall–Kier alpha value is -2.15. The molecule has 1 aliphatic heterocycles. The predicted molar refractivity (Wildman–Crippen MR) is 81.7 cm³/mol. The van der Waals surface area contributed by atoms with Crippen LogP contribution in [-0.2, 0) is 19.3 Å². The maximum absolute atomic E-state index is 14.3. The summed E-state index contributed by atoms with van der Waals surface area (Å²) in [5.74, 6) is -3.34. The first-order valence-corrected chi connectivity index (χ1v) is 8.00. The molecule has 128 valence electrons. The molecule has 3 rings (SSSR count). The zero-order chi connectivity index (χ0) is 17.4. The molecule has 2 atom stereocenters. The second kappa shape index (κ2) is 6.39. The summed E-state index contributed by atoms with van der Waals surface area (Å²) in [5.41, 5.74) is -0.244. The number of halogens is 2. The lowest BCUT2D eigenvalue weighted by molar-refractivity contribution is -0.210. The zero-order valence-corrected chi connectivity index (χ0v) is 13.6. The van der Waals surface area contributed by atoms with Crippen LogP contribution in [0.5, 0.6) is 5.75 Å². The van der Waals surface area contributed by atoms with Gasteiger partial charge in [0.15, 0.2) is 5.75 Å². The Bertz CT molecular complexity index is 699. The molecule has 2 fully saturated rings. The maximum Gasteiger partial charge on any atom is 0.352 e. The van der Waals surface area contributed by atoms with Gasteiger partial charge in [-0.05, 0) is 18.9 Å². The van der Waals surface area contributed by atoms with Crippen molar-refractivity contribution in [1.29, 1.82) is 0 Å². The molecular formula is C16H15ClFNO5. The lowest BCUT2D eigenvalue weighted by Crippen LogP contribution is -2.31. The number of imide groups is 1. The largest absolute Gasteiger partial charge is 0.352 e. The van der Waals surface area contributed by atoms with Gasteiger partial charge >= 0.3 is 5.97 Å². The minimum atomic E-state index is -0.824. The molecule has 1 saturated heterocycles. The molecule has 2 unspecified atom stereocenters. The maximum atomic E-state index is 14.3. The van der Waals surface area contributed by atoms with Crippen LogP contribution >= 0.6 is 11.6 Å². The van der Waals surface area contributed by atoms with Crippen LogP contribution in [0.2, 0.25) is 5.02 Å². The summed E-state index contributed by atoms with van der Waals surface area (Å²) in [5, 5.41) is -0.144. The summed E-state index contributed by atoms with van der Waals surface area (Å²) in [7, 11) is 0. The van der Waals surface area contributed by atoms with E-state index in [-0.39, 0.29) is 16.5 Å². The van der Waals surface area contributed by atoms with Crippen LogP contribution in [0.25, 0.3) is 0 Å². The van der Waals surface area contributed by atoms with Crippen LogP contribution in [0, 0.1) is 17.7 Å². The Morgan fingerprint density at radius 3 is 2.33 bits per heavy atom. The van der Waals surface area contributed by atoms with Gasteiger partial charge in [0.05, 0.1) is 22.5 Å². The number of carbonyl (C=O) groups excluding carboxylic acids is 3. The van der Waals surface area contributed by atoms with Crippen molar-refractivity contribution >= 4 is 35.1 Å². The standard InChI is InChI=1S/C16H15ClFNO5/c1-8(20)23-24-14-7-13(12(18)6-11(14)17)19-15(21)9-4-2-3-5-10(9)16(19)22/h6-7,9-10H,2-5H2,1H3. The molecule has 1 saturated carbocycles. The number of benzene rings is 1. The highest BCUT2D eigenvalue weighted by atomic mass is 35.5. The van der Waals surface area contributed by atoms with E-state index in [9.17, 15) is 18.8 Å². The van der Waals surface area contributed by atoms with Gasteiger partial charge in [-0.1, -0.05) is 24.4 Å². The number of hydrogen-bond donors (Lipinski definition) is 0. The van der Waals surface area contributed by atoms with Crippen molar-refractivity contribution < 1.29 is 28.5 Å². The van der Waals surface area contributed by atoms with Gasteiger partial charge in [-0.3, -0.25) is 19.4 Å². The number of anilines is 1. The average Bonchev–Trinajstić information content (AvgIpc) is 2.79. The van der Waals surface area contributed by atoms with Crippen molar-refractivity contribution in [2.75, 3.05) is 4.90 Å². The molecule has 0 spiro atoms. The SMILES string of the molecule is CC(=O)OOc1cc(N2C(=O)C3CCCCC3C2=O)c(F)cc1Cl. The third-order valence-electron chi connectivity index (χ3n) is 4.33. The average molecular weight is 356 g/mol. The molecule has 0 N–H and O–H groups in total. The van der Waals surface area contributed by atoms with Crippen molar-refractivity contribution in [3.63, 3.8) is 0 Å². The van der Waals surface area contributed by atoms with Crippen molar-refractivity contribution in [3.05, 3.63) is 23.0 Å². The fourth-order valence-corrected chi connectivity index (χ4v) is 3.44. The molecule has 2 amide bonds. The normalized spacial score (nSPS) is 23.2. The van der Waals surface area contributed by atoms with E-state index in [1.807, 2.05) is 0 Å². The highest BCUT2D eigenvalue weighted by Crippen LogP contribution is 2.42. The number of carbonyl (C=O) groups is 3. The number of hydrogen-bond acceptors (Lipinski definition) is 5. The van der Waals surface area contributed by atoms with E-state index in [2.05, 4.69) is 4.89 Å². The number of rotatable bonds is 3. The van der Waals surface area contributed by atoms with Crippen molar-refractivity contribution in [3.8, 4) is 5.75 Å². The molecule has 1 heterocycles. The number of amides is 2. The first-order chi connectivity index (χ1) is 11.4. The molecular weight excluding hydrogens is 341 g/mol. The Morgan fingerprint density at radius 1 is 1.21 bits per heavy atom. The molecule has 1 aliphatic carbocycles. The predicted octanol–water partition coefficient (Wildman–Crippen LogP) is 3.02. The van der Waals surface area contributed by atoms with Crippen molar-refractivity contribution in [2.45, 2.75) is 32.6 Å². The first-order valence-electron chi connectivity index (χ1n) is 7.62. The topological polar surface area (TPSA) is 72.9 Å². The summed E-state index contributed by atoms with van der Waals surface area (Å²) in [6.07, 6.45) is 2.99. The third kappa shape index (κ3) is 2.84. The smallest absolute Gasteiger partial charge is 0.285 e. The molecule has 24 heavy (non-hydrogen) atoms. The van der Waals surface area contributed by atoms with Gasteiger partial charge in [-0.15, -0.1) is 0 Å². The van der Waals surface area contributed by atoms with Gasteiger partial charge < -0.3 is 0 Å². The van der Waals surface area contributed by atoms with E-state index in [4.69, 9.17) is 16.5 Å². The number of nitrogens with zero attached hydrogens (tertiary/aromatic N) is 1. The second-order valence-electron chi connectivity index (χ2n) is 5.90. The molecule has 0 aromatic heterocycles. The van der Waals surface area contributed by atoms with E-state index < -0.39 is 35.4 Å². The van der Waals surface area contributed by atoms with E-state index in [1.54, 1.807) is 0 Å². The molecule has 8 heteroatoms. The van der Waals surface area contributed by atoms with Crippen LogP contribution in [0.1, 0.15) is 32.6 Å². The van der Waals surface area contributed by atoms with E-state index >= 15 is 0 Å². The van der Waals surface area contributed by atoms with Crippen LogP contribution in [-0.4, -0.2) is 17.8 Å². The van der Waals surface area contributed by atoms with E-state index in [0.29, 0.717) is 12.8 Å². The summed E-state index contributed by atoms with van der Waals surface area (Å²) in [4.78, 5) is 45.9. The van der Waals surface area contributed by atoms with Gasteiger partial charge in [0.2, 0.25) is 11.8 Å². The summed E-state index contributed by atoms with van der Waals surface area (Å²) in [6, 6.07) is 2.01. The lowest BCUT2D eigenvalue weighted by Gasteiger charge is -2.19. The minimum absolute atomic E-state index is 0.144. The first kappa shape index (κ1) is 16.7. The van der Waals surface area contributed by atoms with Crippen LogP contribution in [0.3, 0.4) is 0 Å². The molecule has 0 radical (unpaired) electrons. The second-order valence-corrected chi connectivity index (χ2v) is 6.31. The summed E-state index contributed by atoms with van der Waals surface area (Å²) < 4.78 is 14.3. The van der Waals surface area contributed by atoms with E-state index in [1.165, 1.54) is 0 Å². The van der Waals surface area contributed by atoms with Gasteiger partial charge in [0, 0.05) is 13.0 Å². The lowest BCUT2D eigenvalue weighted by atomic mass is 9.81. The fraction of sp³-hybridized carbons (Fsp3) is 0.438. The van der Waals surface area contributed by atoms with Crippen LogP contribution < -0.4 is 9.79 Å². The highest BCUT2D eigenvalue weighted by molar-refractivity contribution is 6.32. The Balaban J connectivity index is 1.96. The Kier molecular flexibility index (Phi) is 4.45. The van der Waals surface area contributed by atoms with Crippen molar-refractivity contribution in [1.82, 2.24) is 0 Å². The zero-order valence-electron chi connectivity index (χ0n) is 12.9. The molecule has 0 bridgehead atoms. The quantitative estimate of drug-likeness (QED) is 0.473. The molecule has 2 aliphatic rings. The van der Waals surface area contributed by atoms with Crippen LogP contribution in [0.4, 0.5) is 10.1 Å². The summed E-state index contributed by atoms with van der Waals surface area (Å²) in [6.45, 7) is 1.12. The Morgan fingerprint density at radius 2 is 1.79 bits per heavy atom. The Labute approximate surface area is 142 Å². The third-order valence-corrected chi connectivity index (χ3v) is 4.63. The molecule has 1 aromatic rings. The number of fused-ring (bicyclic) bond motifs is 1. The van der Waals surface area contributed by atoms with Gasteiger partial charge in [0.1, 0.15) is 5.82 Å². The van der Waals surface area contributed by atoms with E-state index in [0.717, 1.165) is 36.8 Å². The van der Waals surface area contributed by atoms with Gasteiger partial charge in [-0.2, -0.15) is 0 Å². The summed E-state index contributed by atoms with van der Waals surface area (Å²) >= 11 is 5.84. The van der Waals surface area contributed by atoms with Gasteiger partial charge in [-0.25, -0.2) is 14.1 Å². The molecule has 6 nitrogen and oxygen atoms in total. The van der Waals surface area contributed by atoms with Crippen LogP contribution in [0.15, 0.2) is 12.1 Å². The minimum Gasteiger partial charge on any atom is -0.285 e.